The van der Waals surface area contributed by atoms with Crippen molar-refractivity contribution < 1.29 is 14.2 Å². The first-order chi connectivity index (χ1) is 10.5. The third-order valence-electron chi connectivity index (χ3n) is 3.16. The van der Waals surface area contributed by atoms with Crippen LogP contribution in [0.25, 0.3) is 0 Å². The Labute approximate surface area is 141 Å². The first-order valence-corrected chi connectivity index (χ1v) is 6.78. The van der Waals surface area contributed by atoms with Gasteiger partial charge in [-0.2, -0.15) is 4.98 Å². The molecule has 0 bridgehead atoms. The Balaban J connectivity index is 0.00000264. The Morgan fingerprint density at radius 1 is 0.957 bits per heavy atom. The van der Waals surface area contributed by atoms with Gasteiger partial charge in [-0.25, -0.2) is 4.98 Å². The van der Waals surface area contributed by atoms with E-state index >= 15 is 0 Å². The fraction of sp³-hybridized carbons (Fsp3) is 0.333. The maximum absolute atomic E-state index is 5.86. The Morgan fingerprint density at radius 3 is 2.09 bits per heavy atom. The summed E-state index contributed by atoms with van der Waals surface area (Å²) in [6.45, 7) is 4.11. The number of rotatable bonds is 5. The molecule has 1 heterocycles. The zero-order valence-corrected chi connectivity index (χ0v) is 14.3. The second kappa shape index (κ2) is 7.73. The van der Waals surface area contributed by atoms with Crippen molar-refractivity contribution in [2.45, 2.75) is 19.8 Å². The quantitative estimate of drug-likeness (QED) is 0.861. The fourth-order valence-corrected chi connectivity index (χ4v) is 2.01. The number of methoxy groups -OCH3 is 2. The van der Waals surface area contributed by atoms with Crippen molar-refractivity contribution in [2.24, 2.45) is 0 Å². The summed E-state index contributed by atoms with van der Waals surface area (Å²) in [4.78, 5) is 7.78. The van der Waals surface area contributed by atoms with E-state index in [9.17, 15) is 0 Å². The van der Waals surface area contributed by atoms with Gasteiger partial charge in [-0.15, -0.1) is 12.4 Å². The van der Waals surface area contributed by atoms with Crippen molar-refractivity contribution in [3.8, 4) is 23.0 Å². The van der Waals surface area contributed by atoms with Crippen molar-refractivity contribution in [1.82, 2.24) is 9.97 Å². The molecule has 0 aliphatic carbocycles. The molecule has 0 spiro atoms. The average molecular weight is 341 g/mol. The third-order valence-corrected chi connectivity index (χ3v) is 3.16. The minimum absolute atomic E-state index is 0. The number of benzene rings is 1. The minimum atomic E-state index is 0. The summed E-state index contributed by atoms with van der Waals surface area (Å²) in [5.41, 5.74) is 12.3. The lowest BCUT2D eigenvalue weighted by molar-refractivity contribution is 0.350. The lowest BCUT2D eigenvalue weighted by atomic mass is 10.0. The average Bonchev–Trinajstić information content (AvgIpc) is 2.49. The molecule has 0 atom stereocenters. The smallest absolute Gasteiger partial charge is 0.222 e. The summed E-state index contributed by atoms with van der Waals surface area (Å²) in [5.74, 6) is 2.64. The molecular formula is C15H21ClN4O3. The summed E-state index contributed by atoms with van der Waals surface area (Å²) in [6, 6.07) is 3.64. The van der Waals surface area contributed by atoms with Crippen LogP contribution < -0.4 is 25.7 Å². The molecule has 1 aromatic heterocycles. The highest BCUT2D eigenvalue weighted by molar-refractivity contribution is 5.85. The molecular weight excluding hydrogens is 320 g/mol. The van der Waals surface area contributed by atoms with E-state index < -0.39 is 0 Å². The van der Waals surface area contributed by atoms with Gasteiger partial charge in [0.1, 0.15) is 5.75 Å². The molecule has 1 aromatic carbocycles. The molecule has 2 aromatic rings. The van der Waals surface area contributed by atoms with Crippen LogP contribution in [-0.2, 0) is 0 Å². The molecule has 0 amide bonds. The first-order valence-electron chi connectivity index (χ1n) is 6.78. The maximum Gasteiger partial charge on any atom is 0.222 e. The van der Waals surface area contributed by atoms with Crippen molar-refractivity contribution in [2.75, 3.05) is 25.7 Å². The highest BCUT2D eigenvalue weighted by Gasteiger charge is 2.16. The van der Waals surface area contributed by atoms with Crippen molar-refractivity contribution in [3.63, 3.8) is 0 Å². The van der Waals surface area contributed by atoms with E-state index in [-0.39, 0.29) is 30.1 Å². The summed E-state index contributed by atoms with van der Waals surface area (Å²) >= 11 is 0. The van der Waals surface area contributed by atoms with Crippen LogP contribution in [0.5, 0.6) is 23.0 Å². The molecule has 0 aliphatic heterocycles. The number of halogens is 1. The topological polar surface area (TPSA) is 106 Å². The fourth-order valence-electron chi connectivity index (χ4n) is 2.01. The van der Waals surface area contributed by atoms with Gasteiger partial charge >= 0.3 is 0 Å². The van der Waals surface area contributed by atoms with Crippen molar-refractivity contribution in [1.29, 1.82) is 0 Å². The van der Waals surface area contributed by atoms with Gasteiger partial charge in [-0.1, -0.05) is 13.8 Å². The van der Waals surface area contributed by atoms with Gasteiger partial charge in [0.15, 0.2) is 23.1 Å². The monoisotopic (exact) mass is 340 g/mol. The van der Waals surface area contributed by atoms with Crippen LogP contribution in [0.2, 0.25) is 0 Å². The number of hydrogen-bond acceptors (Lipinski definition) is 7. The Bertz CT molecular complexity index is 680. The standard InChI is InChI=1S/C15H20N4O3.ClH/c1-8(2)9-5-11(20-3)12(21-4)6-10(9)22-13-7-18-15(17)19-14(13)16;/h5-8H,1-4H3,(H4,16,17,18,19);1H. The molecule has 0 aliphatic rings. The second-order valence-corrected chi connectivity index (χ2v) is 4.98. The largest absolute Gasteiger partial charge is 0.493 e. The van der Waals surface area contributed by atoms with Crippen LogP contribution in [0, 0.1) is 0 Å². The molecule has 0 radical (unpaired) electrons. The molecule has 0 saturated heterocycles. The van der Waals surface area contributed by atoms with Crippen LogP contribution >= 0.6 is 12.4 Å². The van der Waals surface area contributed by atoms with E-state index in [4.69, 9.17) is 25.7 Å². The number of aromatic nitrogens is 2. The van der Waals surface area contributed by atoms with Crippen molar-refractivity contribution >= 4 is 24.2 Å². The van der Waals surface area contributed by atoms with Gasteiger partial charge in [0.05, 0.1) is 20.4 Å². The van der Waals surface area contributed by atoms with Gasteiger partial charge < -0.3 is 25.7 Å². The van der Waals surface area contributed by atoms with E-state index in [0.717, 1.165) is 5.56 Å². The van der Waals surface area contributed by atoms with Crippen LogP contribution in [0.1, 0.15) is 25.3 Å². The predicted molar refractivity (Wildman–Crippen MR) is 91.8 cm³/mol. The van der Waals surface area contributed by atoms with Crippen LogP contribution in [-0.4, -0.2) is 24.2 Å². The van der Waals surface area contributed by atoms with Crippen LogP contribution in [0.15, 0.2) is 18.3 Å². The molecule has 23 heavy (non-hydrogen) atoms. The van der Waals surface area contributed by atoms with E-state index in [2.05, 4.69) is 23.8 Å². The number of anilines is 2. The lowest BCUT2D eigenvalue weighted by Crippen LogP contribution is -2.03. The highest BCUT2D eigenvalue weighted by atomic mass is 35.5. The summed E-state index contributed by atoms with van der Waals surface area (Å²) in [7, 11) is 3.16. The number of nitrogens with two attached hydrogens (primary N) is 2. The van der Waals surface area contributed by atoms with E-state index in [1.54, 1.807) is 20.3 Å². The van der Waals surface area contributed by atoms with Crippen LogP contribution in [0.3, 0.4) is 0 Å². The normalized spacial score (nSPS) is 10.1. The summed E-state index contributed by atoms with van der Waals surface area (Å²) < 4.78 is 16.5. The minimum Gasteiger partial charge on any atom is -0.493 e. The number of hydrogen-bond donors (Lipinski definition) is 2. The highest BCUT2D eigenvalue weighted by Crippen LogP contribution is 2.40. The SMILES string of the molecule is COc1cc(Oc2cnc(N)nc2N)c(C(C)C)cc1OC.Cl. The molecule has 0 saturated carbocycles. The Kier molecular flexibility index (Phi) is 6.27. The molecule has 2 rings (SSSR count). The van der Waals surface area contributed by atoms with Gasteiger partial charge in [0, 0.05) is 11.6 Å². The van der Waals surface area contributed by atoms with Gasteiger partial charge in [0.25, 0.3) is 0 Å². The summed E-state index contributed by atoms with van der Waals surface area (Å²) in [6.07, 6.45) is 1.44. The molecule has 0 unspecified atom stereocenters. The zero-order chi connectivity index (χ0) is 16.3. The number of nitrogens with zero attached hydrogens (tertiary/aromatic N) is 2. The molecule has 4 N–H and O–H groups in total. The molecule has 8 heteroatoms. The Hall–Kier alpha value is -2.41. The van der Waals surface area contributed by atoms with E-state index in [1.165, 1.54) is 6.20 Å². The number of ether oxygens (including phenoxy) is 3. The maximum atomic E-state index is 5.86. The lowest BCUT2D eigenvalue weighted by Gasteiger charge is -2.17. The Morgan fingerprint density at radius 2 is 1.57 bits per heavy atom. The van der Waals surface area contributed by atoms with E-state index in [0.29, 0.717) is 23.0 Å². The number of nitrogen functional groups attached to an aromatic ring is 2. The van der Waals surface area contributed by atoms with Gasteiger partial charge in [-0.05, 0) is 12.0 Å². The molecule has 126 valence electrons. The molecule has 7 nitrogen and oxygen atoms in total. The molecule has 0 fully saturated rings. The second-order valence-electron chi connectivity index (χ2n) is 4.98. The van der Waals surface area contributed by atoms with E-state index in [1.807, 2.05) is 6.07 Å². The van der Waals surface area contributed by atoms with Gasteiger partial charge in [-0.3, -0.25) is 0 Å². The van der Waals surface area contributed by atoms with Gasteiger partial charge in [0.2, 0.25) is 5.95 Å². The zero-order valence-electron chi connectivity index (χ0n) is 13.5. The summed E-state index contributed by atoms with van der Waals surface area (Å²) in [5, 5.41) is 0. The third kappa shape index (κ3) is 4.07. The van der Waals surface area contributed by atoms with Crippen molar-refractivity contribution in [3.05, 3.63) is 23.9 Å². The predicted octanol–water partition coefficient (Wildman–Crippen LogP) is 3.00. The first kappa shape index (κ1) is 18.6. The van der Waals surface area contributed by atoms with Crippen LogP contribution in [0.4, 0.5) is 11.8 Å².